The summed E-state index contributed by atoms with van der Waals surface area (Å²) in [5.41, 5.74) is -0.446. The number of alkyl halides is 3. The number of hydrogen-bond acceptors (Lipinski definition) is 3. The van der Waals surface area contributed by atoms with E-state index in [2.05, 4.69) is 0 Å². The highest BCUT2D eigenvalue weighted by Crippen LogP contribution is 2.40. The molecule has 0 aromatic carbocycles. The summed E-state index contributed by atoms with van der Waals surface area (Å²) in [5.74, 6) is 0. The van der Waals surface area contributed by atoms with Gasteiger partial charge in [-0.15, -0.1) is 0 Å². The van der Waals surface area contributed by atoms with Crippen molar-refractivity contribution in [1.29, 1.82) is 5.26 Å². The zero-order valence-electron chi connectivity index (χ0n) is 5.74. The normalized spacial score (nSPS) is 36.5. The second-order valence-corrected chi connectivity index (χ2v) is 2.18. The van der Waals surface area contributed by atoms with Crippen LogP contribution in [0.5, 0.6) is 0 Å². The smallest absolute Gasteiger partial charge is 0.211 e. The van der Waals surface area contributed by atoms with Crippen LogP contribution in [0.2, 0.25) is 0 Å². The topological polar surface area (TPSA) is 48.7 Å². The van der Waals surface area contributed by atoms with E-state index >= 15 is 0 Å². The summed E-state index contributed by atoms with van der Waals surface area (Å²) in [5, 5.41) is 9.06. The zero-order valence-corrected chi connectivity index (χ0v) is 5.74. The van der Waals surface area contributed by atoms with Gasteiger partial charge in [-0.05, 0) is 0 Å². The average molecular weight is 165 g/mol. The predicted molar refractivity (Wildman–Crippen MR) is 29.9 cm³/mol. The molecule has 0 spiro atoms. The molecule has 1 rings (SSSR count). The molecule has 6 heteroatoms. The highest BCUT2D eigenvalue weighted by Gasteiger charge is 2.70. The lowest BCUT2D eigenvalue weighted by Crippen LogP contribution is -2.36. The van der Waals surface area contributed by atoms with Crippen LogP contribution in [0.15, 0.2) is 0 Å². The third-order valence-corrected chi connectivity index (χ3v) is 1.54. The summed E-state index contributed by atoms with van der Waals surface area (Å²) in [6, 6.07) is 1.18. The molecule has 1 heterocycles. The molecule has 0 saturated carbocycles. The van der Waals surface area contributed by atoms with Crippen LogP contribution in [0.3, 0.4) is 0 Å². The van der Waals surface area contributed by atoms with Crippen molar-refractivity contribution in [1.82, 2.24) is 10.4 Å². The van der Waals surface area contributed by atoms with Crippen LogP contribution in [0.1, 0.15) is 6.92 Å². The van der Waals surface area contributed by atoms with Crippen molar-refractivity contribution in [2.24, 2.45) is 0 Å². The molecule has 11 heavy (non-hydrogen) atoms. The fraction of sp³-hybridized carbons (Fsp3) is 0.800. The SMILES string of the molecule is CCN1NC1(C#N)C(F)(F)F. The second-order valence-electron chi connectivity index (χ2n) is 2.18. The van der Waals surface area contributed by atoms with Crippen LogP contribution in [0.25, 0.3) is 0 Å². The molecule has 0 aliphatic carbocycles. The Morgan fingerprint density at radius 1 is 1.64 bits per heavy atom. The molecule has 1 aliphatic rings. The number of halogens is 3. The molecule has 1 fully saturated rings. The van der Waals surface area contributed by atoms with Gasteiger partial charge in [-0.3, -0.25) is 0 Å². The van der Waals surface area contributed by atoms with Crippen LogP contribution >= 0.6 is 0 Å². The van der Waals surface area contributed by atoms with Crippen molar-refractivity contribution >= 4 is 0 Å². The molecule has 0 aromatic rings. The highest BCUT2D eigenvalue weighted by atomic mass is 19.4. The number of nitriles is 1. The van der Waals surface area contributed by atoms with E-state index in [-0.39, 0.29) is 6.54 Å². The van der Waals surface area contributed by atoms with E-state index in [0.29, 0.717) is 0 Å². The summed E-state index contributed by atoms with van der Waals surface area (Å²) in [4.78, 5) is 0. The van der Waals surface area contributed by atoms with E-state index in [9.17, 15) is 13.2 Å². The largest absolute Gasteiger partial charge is 0.436 e. The number of nitrogens with one attached hydrogen (secondary N) is 1. The van der Waals surface area contributed by atoms with Crippen LogP contribution in [-0.4, -0.2) is 23.4 Å². The summed E-state index contributed by atoms with van der Waals surface area (Å²) >= 11 is 0. The van der Waals surface area contributed by atoms with Crippen molar-refractivity contribution in [3.8, 4) is 6.07 Å². The lowest BCUT2D eigenvalue weighted by molar-refractivity contribution is -0.157. The maximum Gasteiger partial charge on any atom is 0.436 e. The lowest BCUT2D eigenvalue weighted by Gasteiger charge is -2.08. The molecular weight excluding hydrogens is 159 g/mol. The van der Waals surface area contributed by atoms with Crippen molar-refractivity contribution < 1.29 is 13.2 Å². The Labute approximate surface area is 61.4 Å². The standard InChI is InChI=1S/C5H6F3N3/c1-2-11-4(3-9,10-11)5(6,7)8/h10H,2H2,1H3. The fourth-order valence-corrected chi connectivity index (χ4v) is 0.852. The Morgan fingerprint density at radius 3 is 2.27 bits per heavy atom. The fourth-order valence-electron chi connectivity index (χ4n) is 0.852. The third-order valence-electron chi connectivity index (χ3n) is 1.54. The van der Waals surface area contributed by atoms with E-state index in [4.69, 9.17) is 5.26 Å². The summed E-state index contributed by atoms with van der Waals surface area (Å²) < 4.78 is 36.0. The Morgan fingerprint density at radius 2 is 2.18 bits per heavy atom. The second kappa shape index (κ2) is 2.09. The Balaban J connectivity index is 2.77. The van der Waals surface area contributed by atoms with Crippen LogP contribution in [0, 0.1) is 11.3 Å². The van der Waals surface area contributed by atoms with Crippen LogP contribution in [0.4, 0.5) is 13.2 Å². The molecule has 2 atom stereocenters. The van der Waals surface area contributed by atoms with Gasteiger partial charge in [0.15, 0.2) is 0 Å². The zero-order chi connectivity index (χ0) is 8.70. The third kappa shape index (κ3) is 0.968. The molecular formula is C5H6F3N3. The minimum atomic E-state index is -4.52. The van der Waals surface area contributed by atoms with E-state index in [1.165, 1.54) is 13.0 Å². The van der Waals surface area contributed by atoms with E-state index in [1.807, 2.05) is 5.43 Å². The number of rotatable bonds is 1. The summed E-state index contributed by atoms with van der Waals surface area (Å²) in [6.45, 7) is 1.70. The molecule has 3 nitrogen and oxygen atoms in total. The van der Waals surface area contributed by atoms with Gasteiger partial charge in [0.2, 0.25) is 0 Å². The molecule has 1 N–H and O–H groups in total. The Bertz CT molecular complexity index is 206. The molecule has 0 bridgehead atoms. The first-order valence-corrected chi connectivity index (χ1v) is 3.01. The maximum absolute atomic E-state index is 12.0. The number of hydrazine groups is 1. The molecule has 0 amide bonds. The first-order valence-electron chi connectivity index (χ1n) is 3.01. The minimum absolute atomic E-state index is 0.160. The van der Waals surface area contributed by atoms with E-state index in [1.54, 1.807) is 0 Å². The van der Waals surface area contributed by atoms with Gasteiger partial charge in [0.05, 0.1) is 0 Å². The summed E-state index contributed by atoms with van der Waals surface area (Å²) in [7, 11) is 0. The molecule has 1 aliphatic heterocycles. The molecule has 2 unspecified atom stereocenters. The van der Waals surface area contributed by atoms with Gasteiger partial charge < -0.3 is 0 Å². The molecule has 62 valence electrons. The van der Waals surface area contributed by atoms with Crippen LogP contribution < -0.4 is 5.43 Å². The quantitative estimate of drug-likeness (QED) is 0.579. The average Bonchev–Trinajstić information content (AvgIpc) is 2.60. The van der Waals surface area contributed by atoms with Gasteiger partial charge in [0.1, 0.15) is 6.07 Å². The van der Waals surface area contributed by atoms with Gasteiger partial charge in [-0.25, -0.2) is 5.43 Å². The molecule has 0 radical (unpaired) electrons. The van der Waals surface area contributed by atoms with Gasteiger partial charge in [-0.2, -0.15) is 23.4 Å². The minimum Gasteiger partial charge on any atom is -0.211 e. The summed E-state index contributed by atoms with van der Waals surface area (Å²) in [6.07, 6.45) is -4.52. The van der Waals surface area contributed by atoms with Gasteiger partial charge in [0, 0.05) is 6.54 Å². The highest BCUT2D eigenvalue weighted by molar-refractivity contribution is 5.19. The maximum atomic E-state index is 12.0. The molecule has 1 saturated heterocycles. The van der Waals surface area contributed by atoms with Gasteiger partial charge >= 0.3 is 6.18 Å². The van der Waals surface area contributed by atoms with E-state index < -0.39 is 11.8 Å². The Hall–Kier alpha value is -0.800. The first kappa shape index (κ1) is 8.30. The first-order chi connectivity index (χ1) is 4.98. The van der Waals surface area contributed by atoms with Gasteiger partial charge in [0.25, 0.3) is 5.66 Å². The van der Waals surface area contributed by atoms with Crippen molar-refractivity contribution in [2.45, 2.75) is 18.8 Å². The number of nitrogens with zero attached hydrogens (tertiary/aromatic N) is 2. The Kier molecular flexibility index (Phi) is 1.58. The monoisotopic (exact) mass is 165 g/mol. The van der Waals surface area contributed by atoms with Gasteiger partial charge in [-0.1, -0.05) is 6.92 Å². The lowest BCUT2D eigenvalue weighted by atomic mass is 10.2. The van der Waals surface area contributed by atoms with Crippen molar-refractivity contribution in [3.63, 3.8) is 0 Å². The predicted octanol–water partition coefficient (Wildman–Crippen LogP) is 0.609. The van der Waals surface area contributed by atoms with Crippen molar-refractivity contribution in [2.75, 3.05) is 6.54 Å². The van der Waals surface area contributed by atoms with Crippen LogP contribution in [-0.2, 0) is 0 Å². The molecule has 0 aromatic heterocycles. The van der Waals surface area contributed by atoms with Crippen molar-refractivity contribution in [3.05, 3.63) is 0 Å². The number of hydrogen-bond donors (Lipinski definition) is 1. The van der Waals surface area contributed by atoms with E-state index in [0.717, 1.165) is 5.01 Å².